The fourth-order valence-corrected chi connectivity index (χ4v) is 3.48. The van der Waals surface area contributed by atoms with Gasteiger partial charge in [0.25, 0.3) is 0 Å². The van der Waals surface area contributed by atoms with Crippen LogP contribution in [-0.2, 0) is 6.42 Å². The van der Waals surface area contributed by atoms with E-state index < -0.39 is 0 Å². The highest BCUT2D eigenvalue weighted by atomic mass is 79.9. The normalized spacial score (nSPS) is 12.9. The summed E-state index contributed by atoms with van der Waals surface area (Å²) in [7, 11) is 0. The van der Waals surface area contributed by atoms with Gasteiger partial charge in [-0.15, -0.1) is 11.3 Å². The molecule has 2 aromatic heterocycles. The monoisotopic (exact) mass is 338 g/mol. The number of aromatic nitrogens is 2. The lowest BCUT2D eigenvalue weighted by Gasteiger charge is -2.13. The average Bonchev–Trinajstić information content (AvgIpc) is 2.97. The number of halogens is 2. The van der Waals surface area contributed by atoms with Gasteiger partial charge in [-0.05, 0) is 18.1 Å². The van der Waals surface area contributed by atoms with Crippen LogP contribution in [0.3, 0.4) is 0 Å². The molecule has 19 heavy (non-hydrogen) atoms. The summed E-state index contributed by atoms with van der Waals surface area (Å²) >= 11 is 5.09. The Morgan fingerprint density at radius 3 is 2.95 bits per heavy atom. The van der Waals surface area contributed by atoms with Crippen LogP contribution in [0, 0.1) is 5.82 Å². The first-order valence-electron chi connectivity index (χ1n) is 5.99. The maximum atomic E-state index is 13.8. The second kappa shape index (κ2) is 5.43. The Morgan fingerprint density at radius 2 is 2.21 bits per heavy atom. The standard InChI is InChI=1S/C14H12BrFN2S/c15-8-10(12-3-1-2-4-13(12)16)7-11-9-18-5-6-19-14(18)17-11/h1-6,9-10H,7-8H2. The molecule has 0 amide bonds. The summed E-state index contributed by atoms with van der Waals surface area (Å²) in [5.74, 6) is -0.0428. The molecule has 1 atom stereocenters. The third-order valence-electron chi connectivity index (χ3n) is 3.13. The molecule has 0 aliphatic rings. The van der Waals surface area contributed by atoms with Crippen LogP contribution < -0.4 is 0 Å². The molecule has 2 nitrogen and oxygen atoms in total. The average molecular weight is 339 g/mol. The van der Waals surface area contributed by atoms with E-state index in [2.05, 4.69) is 20.9 Å². The van der Waals surface area contributed by atoms with Crippen molar-refractivity contribution in [2.75, 3.05) is 5.33 Å². The van der Waals surface area contributed by atoms with Gasteiger partial charge in [0.1, 0.15) is 5.82 Å². The Labute approximate surface area is 123 Å². The quantitative estimate of drug-likeness (QED) is 0.650. The Hall–Kier alpha value is -1.20. The summed E-state index contributed by atoms with van der Waals surface area (Å²) < 4.78 is 15.8. The molecule has 0 bridgehead atoms. The van der Waals surface area contributed by atoms with Crippen molar-refractivity contribution >= 4 is 32.2 Å². The molecular formula is C14H12BrFN2S. The molecule has 98 valence electrons. The topological polar surface area (TPSA) is 17.3 Å². The minimum absolute atomic E-state index is 0.103. The smallest absolute Gasteiger partial charge is 0.193 e. The molecule has 0 saturated carbocycles. The first-order chi connectivity index (χ1) is 9.28. The summed E-state index contributed by atoms with van der Waals surface area (Å²) in [4.78, 5) is 5.54. The number of imidazole rings is 1. The number of benzene rings is 1. The molecule has 3 aromatic rings. The molecule has 0 saturated heterocycles. The number of hydrogen-bond acceptors (Lipinski definition) is 2. The summed E-state index contributed by atoms with van der Waals surface area (Å²) in [6, 6.07) is 6.95. The van der Waals surface area contributed by atoms with E-state index in [-0.39, 0.29) is 11.7 Å². The van der Waals surface area contributed by atoms with Crippen LogP contribution >= 0.6 is 27.3 Å². The van der Waals surface area contributed by atoms with E-state index in [0.29, 0.717) is 0 Å². The Bertz CT molecular complexity index is 663. The molecule has 0 aliphatic carbocycles. The first-order valence-corrected chi connectivity index (χ1v) is 7.99. The van der Waals surface area contributed by atoms with Crippen LogP contribution in [0.4, 0.5) is 4.39 Å². The summed E-state index contributed by atoms with van der Waals surface area (Å²) in [6.07, 6.45) is 4.74. The summed E-state index contributed by atoms with van der Waals surface area (Å²) in [6.45, 7) is 0. The van der Waals surface area contributed by atoms with Crippen LogP contribution in [0.5, 0.6) is 0 Å². The summed E-state index contributed by atoms with van der Waals surface area (Å²) in [5.41, 5.74) is 1.75. The number of fused-ring (bicyclic) bond motifs is 1. The van der Waals surface area contributed by atoms with Crippen LogP contribution in [0.15, 0.2) is 42.0 Å². The Balaban J connectivity index is 1.87. The van der Waals surface area contributed by atoms with Crippen LogP contribution in [0.2, 0.25) is 0 Å². The van der Waals surface area contributed by atoms with E-state index >= 15 is 0 Å². The van der Waals surface area contributed by atoms with Crippen LogP contribution in [0.1, 0.15) is 17.2 Å². The lowest BCUT2D eigenvalue weighted by atomic mass is 9.96. The minimum atomic E-state index is -0.145. The van der Waals surface area contributed by atoms with Gasteiger partial charge in [-0.2, -0.15) is 0 Å². The zero-order valence-corrected chi connectivity index (χ0v) is 12.5. The molecule has 0 fully saturated rings. The number of rotatable bonds is 4. The fraction of sp³-hybridized carbons (Fsp3) is 0.214. The van der Waals surface area contributed by atoms with E-state index in [0.717, 1.165) is 28.0 Å². The van der Waals surface area contributed by atoms with Crippen molar-refractivity contribution in [3.05, 3.63) is 59.1 Å². The van der Waals surface area contributed by atoms with Gasteiger partial charge in [-0.1, -0.05) is 34.1 Å². The van der Waals surface area contributed by atoms with Crippen molar-refractivity contribution < 1.29 is 4.39 Å². The molecule has 0 spiro atoms. The van der Waals surface area contributed by atoms with Gasteiger partial charge >= 0.3 is 0 Å². The van der Waals surface area contributed by atoms with Crippen molar-refractivity contribution in [3.63, 3.8) is 0 Å². The molecule has 3 rings (SSSR count). The number of hydrogen-bond donors (Lipinski definition) is 0. The molecule has 5 heteroatoms. The van der Waals surface area contributed by atoms with Crippen molar-refractivity contribution in [2.24, 2.45) is 0 Å². The third kappa shape index (κ3) is 2.58. The molecule has 1 unspecified atom stereocenters. The van der Waals surface area contributed by atoms with Crippen molar-refractivity contribution in [2.45, 2.75) is 12.3 Å². The van der Waals surface area contributed by atoms with Crippen molar-refractivity contribution in [3.8, 4) is 0 Å². The molecular weight excluding hydrogens is 327 g/mol. The van der Waals surface area contributed by atoms with E-state index in [4.69, 9.17) is 0 Å². The SMILES string of the molecule is Fc1ccccc1C(CBr)Cc1cn2ccsc2n1. The Kier molecular flexibility index (Phi) is 3.66. The number of alkyl halides is 1. The lowest BCUT2D eigenvalue weighted by molar-refractivity contribution is 0.589. The third-order valence-corrected chi connectivity index (χ3v) is 4.68. The van der Waals surface area contributed by atoms with Crippen molar-refractivity contribution in [1.29, 1.82) is 0 Å². The molecule has 1 aromatic carbocycles. The van der Waals surface area contributed by atoms with Gasteiger partial charge in [-0.25, -0.2) is 9.37 Å². The van der Waals surface area contributed by atoms with E-state index in [1.165, 1.54) is 6.07 Å². The van der Waals surface area contributed by atoms with Gasteiger partial charge in [0.2, 0.25) is 0 Å². The summed E-state index contributed by atoms with van der Waals surface area (Å²) in [5, 5.41) is 2.73. The van der Waals surface area contributed by atoms with Gasteiger partial charge in [-0.3, -0.25) is 4.40 Å². The number of nitrogens with zero attached hydrogens (tertiary/aromatic N) is 2. The maximum absolute atomic E-state index is 13.8. The van der Waals surface area contributed by atoms with E-state index in [1.54, 1.807) is 17.4 Å². The lowest BCUT2D eigenvalue weighted by Crippen LogP contribution is -2.07. The fourth-order valence-electron chi connectivity index (χ4n) is 2.18. The van der Waals surface area contributed by atoms with E-state index in [1.807, 2.05) is 34.3 Å². The second-order valence-corrected chi connectivity index (χ2v) is 5.92. The van der Waals surface area contributed by atoms with Gasteiger partial charge in [0.05, 0.1) is 5.69 Å². The van der Waals surface area contributed by atoms with Gasteiger partial charge in [0.15, 0.2) is 4.96 Å². The zero-order valence-electron chi connectivity index (χ0n) is 10.1. The maximum Gasteiger partial charge on any atom is 0.193 e. The van der Waals surface area contributed by atoms with Crippen LogP contribution in [-0.4, -0.2) is 14.7 Å². The molecule has 0 aliphatic heterocycles. The molecule has 2 heterocycles. The van der Waals surface area contributed by atoms with Gasteiger partial charge in [0, 0.05) is 29.0 Å². The highest BCUT2D eigenvalue weighted by Crippen LogP contribution is 2.25. The number of thiazole rings is 1. The highest BCUT2D eigenvalue weighted by molar-refractivity contribution is 9.09. The Morgan fingerprint density at radius 1 is 1.37 bits per heavy atom. The van der Waals surface area contributed by atoms with E-state index in [9.17, 15) is 4.39 Å². The second-order valence-electron chi connectivity index (χ2n) is 4.40. The predicted octanol–water partition coefficient (Wildman–Crippen LogP) is 4.26. The first kappa shape index (κ1) is 12.8. The largest absolute Gasteiger partial charge is 0.297 e. The van der Waals surface area contributed by atoms with Gasteiger partial charge < -0.3 is 0 Å². The van der Waals surface area contributed by atoms with Crippen molar-refractivity contribution in [1.82, 2.24) is 9.38 Å². The predicted molar refractivity (Wildman–Crippen MR) is 79.7 cm³/mol. The highest BCUT2D eigenvalue weighted by Gasteiger charge is 2.16. The minimum Gasteiger partial charge on any atom is -0.297 e. The molecule has 0 N–H and O–H groups in total. The molecule has 0 radical (unpaired) electrons. The van der Waals surface area contributed by atoms with Crippen LogP contribution in [0.25, 0.3) is 4.96 Å². The zero-order chi connectivity index (χ0) is 13.2.